The van der Waals surface area contributed by atoms with Crippen LogP contribution >= 0.6 is 0 Å². The van der Waals surface area contributed by atoms with Gasteiger partial charge < -0.3 is 34.2 Å². The van der Waals surface area contributed by atoms with Crippen LogP contribution in [-0.2, 0) is 19.1 Å². The highest BCUT2D eigenvalue weighted by molar-refractivity contribution is 5.96. The molecule has 1 aromatic rings. The van der Waals surface area contributed by atoms with Crippen molar-refractivity contribution in [3.63, 3.8) is 0 Å². The number of hydrogen-bond donors (Lipinski definition) is 1. The van der Waals surface area contributed by atoms with Gasteiger partial charge in [0.05, 0.1) is 12.8 Å². The third-order valence-electron chi connectivity index (χ3n) is 8.25. The lowest BCUT2D eigenvalue weighted by molar-refractivity contribution is 0.0153. The van der Waals surface area contributed by atoms with Crippen molar-refractivity contribution in [1.29, 1.82) is 0 Å². The molecule has 0 saturated carbocycles. The van der Waals surface area contributed by atoms with Crippen LogP contribution in [-0.4, -0.2) is 92.3 Å². The van der Waals surface area contributed by atoms with E-state index in [0.29, 0.717) is 68.1 Å². The molecule has 3 heterocycles. The second kappa shape index (κ2) is 14.6. The molecule has 0 atom stereocenters. The summed E-state index contributed by atoms with van der Waals surface area (Å²) in [5.41, 5.74) is 0.874. The minimum absolute atomic E-state index is 0.0731. The van der Waals surface area contributed by atoms with Crippen molar-refractivity contribution < 1.29 is 33.4 Å². The van der Waals surface area contributed by atoms with E-state index >= 15 is 0 Å². The van der Waals surface area contributed by atoms with Gasteiger partial charge in [0.25, 0.3) is 5.91 Å². The van der Waals surface area contributed by atoms with Gasteiger partial charge in [-0.25, -0.2) is 14.4 Å². The molecule has 3 saturated heterocycles. The first-order valence-electron chi connectivity index (χ1n) is 15.2. The van der Waals surface area contributed by atoms with Crippen LogP contribution in [0.5, 0.6) is 5.75 Å². The van der Waals surface area contributed by atoms with Crippen LogP contribution in [0.1, 0.15) is 69.7 Å². The summed E-state index contributed by atoms with van der Waals surface area (Å²) in [6, 6.07) is 5.18. The third kappa shape index (κ3) is 8.63. The Hall–Kier alpha value is -3.78. The monoisotopic (exact) mass is 596 g/mol. The smallest absolute Gasteiger partial charge is 0.410 e. The molecule has 11 heteroatoms. The number of carbonyl (C=O) groups excluding carboxylic acids is 4. The molecule has 3 fully saturated rings. The van der Waals surface area contributed by atoms with Gasteiger partial charge >= 0.3 is 6.09 Å². The van der Waals surface area contributed by atoms with Gasteiger partial charge in [0, 0.05) is 57.9 Å². The van der Waals surface area contributed by atoms with E-state index < -0.39 is 5.60 Å². The SMILES string of the molecule is COc1ccc(C(=O)N2CCC(COCCC3CCN(C(=O)OC(C)(C)C)CC3)CC2)cc1N1CCC(=C=O)NC1=C=O. The van der Waals surface area contributed by atoms with Gasteiger partial charge in [0.1, 0.15) is 23.0 Å². The van der Waals surface area contributed by atoms with Gasteiger partial charge in [-0.1, -0.05) is 0 Å². The first-order valence-corrected chi connectivity index (χ1v) is 15.2. The molecule has 2 amide bonds. The summed E-state index contributed by atoms with van der Waals surface area (Å²) < 4.78 is 17.0. The molecular weight excluding hydrogens is 552 g/mol. The Bertz CT molecular complexity index is 1250. The van der Waals surface area contributed by atoms with Gasteiger partial charge in [0.2, 0.25) is 0 Å². The van der Waals surface area contributed by atoms with Crippen molar-refractivity contribution in [3.8, 4) is 5.75 Å². The van der Waals surface area contributed by atoms with Crippen LogP contribution in [0.3, 0.4) is 0 Å². The molecule has 3 aliphatic rings. The van der Waals surface area contributed by atoms with Crippen LogP contribution in [0.2, 0.25) is 0 Å². The minimum atomic E-state index is -0.475. The summed E-state index contributed by atoms with van der Waals surface area (Å²) in [4.78, 5) is 53.6. The molecule has 234 valence electrons. The molecule has 3 aliphatic heterocycles. The zero-order chi connectivity index (χ0) is 31.0. The quantitative estimate of drug-likeness (QED) is 0.353. The number of amides is 2. The molecule has 1 N–H and O–H groups in total. The summed E-state index contributed by atoms with van der Waals surface area (Å²) in [5, 5.41) is 2.75. The second-order valence-electron chi connectivity index (χ2n) is 12.5. The number of benzene rings is 1. The van der Waals surface area contributed by atoms with E-state index in [1.807, 2.05) is 31.6 Å². The second-order valence-corrected chi connectivity index (χ2v) is 12.5. The summed E-state index contributed by atoms with van der Waals surface area (Å²) in [6.07, 6.45) is 4.81. The minimum Gasteiger partial charge on any atom is -0.495 e. The highest BCUT2D eigenvalue weighted by atomic mass is 16.6. The van der Waals surface area contributed by atoms with E-state index in [1.165, 1.54) is 7.11 Å². The maximum atomic E-state index is 13.4. The first-order chi connectivity index (χ1) is 20.6. The Morgan fingerprint density at radius 1 is 0.953 bits per heavy atom. The lowest BCUT2D eigenvalue weighted by Gasteiger charge is -2.34. The molecule has 11 nitrogen and oxygen atoms in total. The van der Waals surface area contributed by atoms with Crippen LogP contribution in [0.4, 0.5) is 10.5 Å². The van der Waals surface area contributed by atoms with E-state index in [1.54, 1.807) is 33.9 Å². The third-order valence-corrected chi connectivity index (χ3v) is 8.25. The molecule has 0 unspecified atom stereocenters. The summed E-state index contributed by atoms with van der Waals surface area (Å²) in [5.74, 6) is 5.11. The fourth-order valence-corrected chi connectivity index (χ4v) is 5.76. The van der Waals surface area contributed by atoms with Gasteiger partial charge in [-0.05, 0) is 82.9 Å². The van der Waals surface area contributed by atoms with Gasteiger partial charge in [-0.3, -0.25) is 4.79 Å². The Morgan fingerprint density at radius 3 is 2.26 bits per heavy atom. The van der Waals surface area contributed by atoms with Crippen LogP contribution in [0.25, 0.3) is 0 Å². The van der Waals surface area contributed by atoms with E-state index in [0.717, 1.165) is 45.2 Å². The number of nitrogens with zero attached hydrogens (tertiary/aromatic N) is 3. The van der Waals surface area contributed by atoms with Crippen LogP contribution in [0.15, 0.2) is 29.7 Å². The predicted molar refractivity (Wildman–Crippen MR) is 161 cm³/mol. The zero-order valence-electron chi connectivity index (χ0n) is 25.8. The van der Waals surface area contributed by atoms with Crippen molar-refractivity contribution in [2.24, 2.45) is 11.8 Å². The summed E-state index contributed by atoms with van der Waals surface area (Å²) in [6.45, 7) is 10.2. The molecule has 0 spiro atoms. The number of carbonyl (C=O) groups is 2. The lowest BCUT2D eigenvalue weighted by atomic mass is 9.94. The van der Waals surface area contributed by atoms with Crippen LogP contribution in [0, 0.1) is 11.8 Å². The summed E-state index contributed by atoms with van der Waals surface area (Å²) in [7, 11) is 1.53. The average molecular weight is 597 g/mol. The van der Waals surface area contributed by atoms with Crippen molar-refractivity contribution >= 4 is 29.6 Å². The van der Waals surface area contributed by atoms with E-state index in [2.05, 4.69) is 5.32 Å². The number of likely N-dealkylation sites (tertiary alicyclic amines) is 2. The molecule has 0 aromatic heterocycles. The van der Waals surface area contributed by atoms with Crippen LogP contribution < -0.4 is 15.0 Å². The normalized spacial score (nSPS) is 18.6. The number of nitrogens with one attached hydrogen (secondary N) is 1. The molecule has 0 bridgehead atoms. The number of anilines is 1. The maximum Gasteiger partial charge on any atom is 0.410 e. The molecule has 1 aromatic carbocycles. The number of methoxy groups -OCH3 is 1. The molecule has 43 heavy (non-hydrogen) atoms. The van der Waals surface area contributed by atoms with E-state index in [9.17, 15) is 19.2 Å². The highest BCUT2D eigenvalue weighted by Crippen LogP contribution is 2.34. The molecular formula is C32H44N4O7. The van der Waals surface area contributed by atoms with Crippen molar-refractivity contribution in [1.82, 2.24) is 15.1 Å². The molecule has 0 aliphatic carbocycles. The van der Waals surface area contributed by atoms with Gasteiger partial charge in [-0.15, -0.1) is 0 Å². The van der Waals surface area contributed by atoms with Crippen molar-refractivity contribution in [2.75, 3.05) is 57.9 Å². The first kappa shape index (κ1) is 32.1. The molecule has 0 radical (unpaired) electrons. The zero-order valence-corrected chi connectivity index (χ0v) is 25.8. The lowest BCUT2D eigenvalue weighted by Crippen LogP contribution is -2.42. The average Bonchev–Trinajstić information content (AvgIpc) is 3.01. The highest BCUT2D eigenvalue weighted by Gasteiger charge is 2.29. The number of piperidine rings is 2. The van der Waals surface area contributed by atoms with Gasteiger partial charge in [0.15, 0.2) is 11.8 Å². The standard InChI is InChI=1S/C32H44N4O7/c1-32(2,3)43-31(40)35-15-7-23(8-16-35)12-18-42-22-24-9-13-34(14-10-24)30(39)25-5-6-28(41-4)27(19-25)36-17-11-26(20-37)33-29(36)21-38/h5-6,19,23-24,33H,7-18,22H2,1-4H3. The Morgan fingerprint density at radius 2 is 1.63 bits per heavy atom. The molecule has 4 rings (SSSR count). The Balaban J connectivity index is 1.20. The largest absolute Gasteiger partial charge is 0.495 e. The van der Waals surface area contributed by atoms with Gasteiger partial charge in [-0.2, -0.15) is 0 Å². The maximum absolute atomic E-state index is 13.4. The number of hydrogen-bond acceptors (Lipinski definition) is 9. The van der Waals surface area contributed by atoms with E-state index in [-0.39, 0.29) is 23.5 Å². The van der Waals surface area contributed by atoms with Crippen molar-refractivity contribution in [2.45, 2.75) is 64.9 Å². The Labute approximate surface area is 253 Å². The Kier molecular flexibility index (Phi) is 10.9. The topological polar surface area (TPSA) is 118 Å². The summed E-state index contributed by atoms with van der Waals surface area (Å²) >= 11 is 0. The van der Waals surface area contributed by atoms with Crippen molar-refractivity contribution in [3.05, 3.63) is 35.3 Å². The number of ether oxygens (including phenoxy) is 3. The van der Waals surface area contributed by atoms with E-state index in [4.69, 9.17) is 14.2 Å². The fourth-order valence-electron chi connectivity index (χ4n) is 5.76. The number of rotatable bonds is 8. The fraction of sp³-hybridized carbons (Fsp3) is 0.625. The predicted octanol–water partition coefficient (Wildman–Crippen LogP) is 3.79.